The van der Waals surface area contributed by atoms with Crippen LogP contribution in [0.15, 0.2) is 72.9 Å². The highest BCUT2D eigenvalue weighted by Gasteiger charge is 2.19. The van der Waals surface area contributed by atoms with Crippen molar-refractivity contribution in [2.24, 2.45) is 0 Å². The molecule has 0 amide bonds. The van der Waals surface area contributed by atoms with Gasteiger partial charge in [-0.25, -0.2) is 0 Å². The van der Waals surface area contributed by atoms with Gasteiger partial charge in [0.05, 0.1) is 0 Å². The van der Waals surface area contributed by atoms with Crippen molar-refractivity contribution >= 4 is 17.9 Å². The first-order valence-electron chi connectivity index (χ1n) is 32.4. The molecule has 0 spiro atoms. The van der Waals surface area contributed by atoms with E-state index in [4.69, 9.17) is 14.2 Å². The van der Waals surface area contributed by atoms with Crippen molar-refractivity contribution in [1.82, 2.24) is 0 Å². The molecule has 0 bridgehead atoms. The zero-order valence-electron chi connectivity index (χ0n) is 49.8. The Kier molecular flexibility index (Phi) is 60.7. The zero-order valence-corrected chi connectivity index (χ0v) is 49.8. The van der Waals surface area contributed by atoms with Gasteiger partial charge in [0.1, 0.15) is 13.2 Å². The van der Waals surface area contributed by atoms with Crippen LogP contribution in [0, 0.1) is 0 Å². The summed E-state index contributed by atoms with van der Waals surface area (Å²) in [6.07, 6.45) is 81.9. The molecule has 0 fully saturated rings. The molecule has 1 atom stereocenters. The van der Waals surface area contributed by atoms with E-state index < -0.39 is 6.10 Å². The second-order valence-corrected chi connectivity index (χ2v) is 21.7. The molecule has 0 saturated carbocycles. The Balaban J connectivity index is 4.41. The predicted octanol–water partition coefficient (Wildman–Crippen LogP) is 22.1. The number of esters is 3. The summed E-state index contributed by atoms with van der Waals surface area (Å²) in [5.41, 5.74) is 0. The van der Waals surface area contributed by atoms with Crippen LogP contribution in [0.3, 0.4) is 0 Å². The Morgan fingerprint density at radius 3 is 0.787 bits per heavy atom. The topological polar surface area (TPSA) is 78.9 Å². The maximum Gasteiger partial charge on any atom is 0.306 e. The molecule has 434 valence electrons. The van der Waals surface area contributed by atoms with Gasteiger partial charge in [0.15, 0.2) is 6.10 Å². The monoisotopic (exact) mass is 1050 g/mol. The Hall–Kier alpha value is -3.15. The number of unbranched alkanes of at least 4 members (excludes halogenated alkanes) is 36. The van der Waals surface area contributed by atoms with Crippen molar-refractivity contribution in [2.45, 2.75) is 335 Å². The smallest absolute Gasteiger partial charge is 0.306 e. The highest BCUT2D eigenvalue weighted by atomic mass is 16.6. The maximum atomic E-state index is 12.9. The van der Waals surface area contributed by atoms with Crippen LogP contribution in [0.25, 0.3) is 0 Å². The first-order valence-corrected chi connectivity index (χ1v) is 32.4. The largest absolute Gasteiger partial charge is 0.462 e. The predicted molar refractivity (Wildman–Crippen MR) is 325 cm³/mol. The van der Waals surface area contributed by atoms with Gasteiger partial charge in [-0.3, -0.25) is 14.4 Å². The van der Waals surface area contributed by atoms with Crippen molar-refractivity contribution in [3.05, 3.63) is 72.9 Å². The summed E-state index contributed by atoms with van der Waals surface area (Å²) in [7, 11) is 0. The molecule has 0 aliphatic heterocycles. The fourth-order valence-electron chi connectivity index (χ4n) is 9.28. The lowest BCUT2D eigenvalue weighted by molar-refractivity contribution is -0.167. The minimum atomic E-state index is -0.792. The molecule has 75 heavy (non-hydrogen) atoms. The van der Waals surface area contributed by atoms with Crippen LogP contribution in [0.5, 0.6) is 0 Å². The maximum absolute atomic E-state index is 12.9. The highest BCUT2D eigenvalue weighted by molar-refractivity contribution is 5.71. The van der Waals surface area contributed by atoms with Crippen LogP contribution in [0.1, 0.15) is 329 Å². The van der Waals surface area contributed by atoms with Crippen LogP contribution < -0.4 is 0 Å². The van der Waals surface area contributed by atoms with Crippen LogP contribution in [0.2, 0.25) is 0 Å². The zero-order chi connectivity index (χ0) is 54.3. The van der Waals surface area contributed by atoms with E-state index in [-0.39, 0.29) is 31.1 Å². The molecule has 6 nitrogen and oxygen atoms in total. The van der Waals surface area contributed by atoms with Crippen molar-refractivity contribution in [1.29, 1.82) is 0 Å². The van der Waals surface area contributed by atoms with Gasteiger partial charge >= 0.3 is 17.9 Å². The number of hydrogen-bond donors (Lipinski definition) is 0. The Morgan fingerprint density at radius 1 is 0.267 bits per heavy atom. The summed E-state index contributed by atoms with van der Waals surface area (Å²) in [4.78, 5) is 38.3. The van der Waals surface area contributed by atoms with Crippen molar-refractivity contribution < 1.29 is 28.6 Å². The van der Waals surface area contributed by atoms with Crippen molar-refractivity contribution in [3.8, 4) is 0 Å². The molecule has 0 aromatic heterocycles. The summed E-state index contributed by atoms with van der Waals surface area (Å²) in [5.74, 6) is -0.909. The summed E-state index contributed by atoms with van der Waals surface area (Å²) < 4.78 is 16.9. The van der Waals surface area contributed by atoms with E-state index in [2.05, 4.69) is 93.7 Å². The first-order chi connectivity index (χ1) is 37.0. The lowest BCUT2D eigenvalue weighted by Gasteiger charge is -2.18. The fraction of sp³-hybridized carbons (Fsp3) is 0.783. The van der Waals surface area contributed by atoms with Crippen molar-refractivity contribution in [2.75, 3.05) is 13.2 Å². The molecule has 0 aliphatic carbocycles. The van der Waals surface area contributed by atoms with Crippen LogP contribution in [-0.4, -0.2) is 37.2 Å². The number of allylic oxidation sites excluding steroid dienone is 12. The van der Waals surface area contributed by atoms with Gasteiger partial charge in [-0.05, 0) is 96.3 Å². The minimum Gasteiger partial charge on any atom is -0.462 e. The molecular weight excluding hydrogens is 925 g/mol. The lowest BCUT2D eigenvalue weighted by atomic mass is 10.0. The number of rotatable bonds is 59. The normalized spacial score (nSPS) is 12.5. The molecule has 0 saturated heterocycles. The summed E-state index contributed by atoms with van der Waals surface area (Å²) in [6.45, 7) is 6.60. The second kappa shape index (κ2) is 63.4. The summed E-state index contributed by atoms with van der Waals surface area (Å²) in [5, 5.41) is 0. The molecule has 0 unspecified atom stereocenters. The molecule has 0 aromatic rings. The third-order valence-corrected chi connectivity index (χ3v) is 14.2. The van der Waals surface area contributed by atoms with E-state index >= 15 is 0 Å². The number of carbonyl (C=O) groups is 3. The average molecular weight is 1050 g/mol. The summed E-state index contributed by atoms with van der Waals surface area (Å²) in [6, 6.07) is 0. The molecule has 0 radical (unpaired) electrons. The molecular formula is C69H122O6. The Morgan fingerprint density at radius 2 is 0.480 bits per heavy atom. The standard InChI is InChI=1S/C69H122O6/c1-4-7-10-13-16-19-22-25-28-31-33-34-36-39-42-45-48-51-54-57-60-63-69(72)75-66(64-73-67(70)61-58-55-52-49-46-43-40-37-30-27-24-21-18-15-12-9-6-3)65-74-68(71)62-59-56-53-50-47-44-41-38-35-32-29-26-23-20-17-14-11-8-5-2/h17-18,20-21,26-27,29-30,35,38,44,47,66H,4-16,19,22-25,28,31-34,36-37,39-43,45-46,48-65H2,1-3H3/b20-17-,21-18-,29-26-,30-27-,38-35-,47-44-/t66-/m0/s1. The third kappa shape index (κ3) is 61.6. The van der Waals surface area contributed by atoms with Gasteiger partial charge in [-0.15, -0.1) is 0 Å². The van der Waals surface area contributed by atoms with E-state index in [1.54, 1.807) is 0 Å². The number of ether oxygens (including phenoxy) is 3. The van der Waals surface area contributed by atoms with E-state index in [0.29, 0.717) is 19.3 Å². The second-order valence-electron chi connectivity index (χ2n) is 21.7. The number of hydrogen-bond acceptors (Lipinski definition) is 6. The molecule has 0 aliphatic rings. The number of carbonyl (C=O) groups excluding carboxylic acids is 3. The SMILES string of the molecule is CCCCC/C=C\C/C=C\C/C=C\C/C=C\CCCCCC(=O)OC[C@H](COC(=O)CCCCCCCCC/C=C\C/C=C\CCCCC)OC(=O)CCCCCCCCCCCCCCCCCCCCCCC. The van der Waals surface area contributed by atoms with E-state index in [1.807, 2.05) is 0 Å². The van der Waals surface area contributed by atoms with E-state index in [1.165, 1.54) is 193 Å². The van der Waals surface area contributed by atoms with Gasteiger partial charge in [0.25, 0.3) is 0 Å². The van der Waals surface area contributed by atoms with E-state index in [9.17, 15) is 14.4 Å². The Labute approximate surface area is 465 Å². The van der Waals surface area contributed by atoms with Gasteiger partial charge in [0, 0.05) is 19.3 Å². The lowest BCUT2D eigenvalue weighted by Crippen LogP contribution is -2.30. The van der Waals surface area contributed by atoms with Gasteiger partial charge in [-0.1, -0.05) is 286 Å². The minimum absolute atomic E-state index is 0.0874. The first kappa shape index (κ1) is 71.8. The molecule has 0 N–H and O–H groups in total. The molecule has 6 heteroatoms. The van der Waals surface area contributed by atoms with Crippen LogP contribution >= 0.6 is 0 Å². The third-order valence-electron chi connectivity index (χ3n) is 14.2. The quantitative estimate of drug-likeness (QED) is 0.0261. The molecule has 0 rings (SSSR count). The molecule has 0 heterocycles. The average Bonchev–Trinajstić information content (AvgIpc) is 3.41. The molecule has 0 aromatic carbocycles. The highest BCUT2D eigenvalue weighted by Crippen LogP contribution is 2.17. The fourth-order valence-corrected chi connectivity index (χ4v) is 9.28. The Bertz CT molecular complexity index is 1390. The summed E-state index contributed by atoms with van der Waals surface area (Å²) >= 11 is 0. The van der Waals surface area contributed by atoms with Gasteiger partial charge in [0.2, 0.25) is 0 Å². The van der Waals surface area contributed by atoms with Gasteiger partial charge < -0.3 is 14.2 Å². The van der Waals surface area contributed by atoms with E-state index in [0.717, 1.165) is 96.3 Å². The van der Waals surface area contributed by atoms with Crippen LogP contribution in [-0.2, 0) is 28.6 Å². The van der Waals surface area contributed by atoms with Crippen molar-refractivity contribution in [3.63, 3.8) is 0 Å². The van der Waals surface area contributed by atoms with Crippen LogP contribution in [0.4, 0.5) is 0 Å². The van der Waals surface area contributed by atoms with Gasteiger partial charge in [-0.2, -0.15) is 0 Å².